The Morgan fingerprint density at radius 1 is 1.20 bits per heavy atom. The summed E-state index contributed by atoms with van der Waals surface area (Å²) in [5, 5.41) is 12.3. The molecule has 1 saturated heterocycles. The first-order valence-electron chi connectivity index (χ1n) is 10.4. The molecular weight excluding hydrogens is 493 g/mol. The Bertz CT molecular complexity index is 1200. The number of rotatable bonds is 7. The van der Waals surface area contributed by atoms with E-state index in [2.05, 4.69) is 30.8 Å². The minimum Gasteiger partial charge on any atom is -0.350 e. The molecule has 1 aliphatic heterocycles. The SMILES string of the molecule is Cc1cc(Nc2cc(N3CCC(F)(F)C3)nc(Sc3ccc(NC(=O)CC(F)(F)F)cc3)n2)[nH]n1. The van der Waals surface area contributed by atoms with Crippen LogP contribution < -0.4 is 15.5 Å². The molecule has 3 heterocycles. The van der Waals surface area contributed by atoms with Gasteiger partial charge in [-0.15, -0.1) is 0 Å². The fourth-order valence-corrected chi connectivity index (χ4v) is 4.10. The normalized spacial score (nSPS) is 15.3. The topological polar surface area (TPSA) is 98.8 Å². The molecule has 186 valence electrons. The molecule has 14 heteroatoms. The van der Waals surface area contributed by atoms with E-state index in [1.807, 2.05) is 0 Å². The van der Waals surface area contributed by atoms with Crippen LogP contribution in [0.1, 0.15) is 18.5 Å². The lowest BCUT2D eigenvalue weighted by Gasteiger charge is -2.18. The van der Waals surface area contributed by atoms with Crippen LogP contribution in [0.5, 0.6) is 0 Å². The predicted molar refractivity (Wildman–Crippen MR) is 120 cm³/mol. The zero-order chi connectivity index (χ0) is 25.2. The Morgan fingerprint density at radius 2 is 1.94 bits per heavy atom. The number of alkyl halides is 5. The zero-order valence-electron chi connectivity index (χ0n) is 18.3. The number of halogens is 5. The van der Waals surface area contributed by atoms with Gasteiger partial charge >= 0.3 is 6.18 Å². The molecule has 1 aromatic carbocycles. The Morgan fingerprint density at radius 3 is 2.54 bits per heavy atom. The molecule has 3 aromatic rings. The van der Waals surface area contributed by atoms with Gasteiger partial charge in [0.1, 0.15) is 23.9 Å². The summed E-state index contributed by atoms with van der Waals surface area (Å²) in [6.45, 7) is 1.49. The summed E-state index contributed by atoms with van der Waals surface area (Å²) in [6.07, 6.45) is -6.45. The van der Waals surface area contributed by atoms with Crippen molar-refractivity contribution in [1.82, 2.24) is 20.2 Å². The van der Waals surface area contributed by atoms with E-state index in [4.69, 9.17) is 0 Å². The van der Waals surface area contributed by atoms with E-state index in [1.165, 1.54) is 17.0 Å². The van der Waals surface area contributed by atoms with Crippen molar-refractivity contribution in [2.45, 2.75) is 41.9 Å². The lowest BCUT2D eigenvalue weighted by atomic mass is 10.3. The molecule has 0 radical (unpaired) electrons. The van der Waals surface area contributed by atoms with Crippen LogP contribution in [0.4, 0.5) is 45.1 Å². The van der Waals surface area contributed by atoms with Crippen LogP contribution in [-0.4, -0.2) is 51.3 Å². The first kappa shape index (κ1) is 24.7. The minimum absolute atomic E-state index is 0.142. The summed E-state index contributed by atoms with van der Waals surface area (Å²) in [6, 6.07) is 9.39. The molecule has 1 aliphatic rings. The molecule has 1 amide bonds. The smallest absolute Gasteiger partial charge is 0.350 e. The maximum absolute atomic E-state index is 13.8. The van der Waals surface area contributed by atoms with Gasteiger partial charge in [0.05, 0.1) is 12.2 Å². The van der Waals surface area contributed by atoms with Crippen molar-refractivity contribution in [3.63, 3.8) is 0 Å². The number of amides is 1. The van der Waals surface area contributed by atoms with Crippen molar-refractivity contribution in [3.8, 4) is 0 Å². The fraction of sp³-hybridized carbons (Fsp3) is 0.333. The van der Waals surface area contributed by atoms with Crippen molar-refractivity contribution < 1.29 is 26.7 Å². The number of benzene rings is 1. The molecule has 0 bridgehead atoms. The molecule has 0 saturated carbocycles. The average Bonchev–Trinajstić information content (AvgIpc) is 3.32. The van der Waals surface area contributed by atoms with E-state index in [0.717, 1.165) is 17.5 Å². The van der Waals surface area contributed by atoms with E-state index >= 15 is 0 Å². The van der Waals surface area contributed by atoms with E-state index in [1.54, 1.807) is 31.2 Å². The summed E-state index contributed by atoms with van der Waals surface area (Å²) in [5.41, 5.74) is 0.951. The number of aromatic amines is 1. The van der Waals surface area contributed by atoms with Crippen LogP contribution in [0.3, 0.4) is 0 Å². The number of nitrogens with one attached hydrogen (secondary N) is 3. The summed E-state index contributed by atoms with van der Waals surface area (Å²) in [7, 11) is 0. The van der Waals surface area contributed by atoms with E-state index in [9.17, 15) is 26.7 Å². The summed E-state index contributed by atoms with van der Waals surface area (Å²) in [5.74, 6) is -2.71. The molecular formula is C21H20F5N7OS. The van der Waals surface area contributed by atoms with Gasteiger partial charge in [-0.05, 0) is 43.0 Å². The molecule has 0 unspecified atom stereocenters. The maximum Gasteiger partial charge on any atom is 0.397 e. The molecule has 8 nitrogen and oxygen atoms in total. The van der Waals surface area contributed by atoms with Crippen LogP contribution in [0, 0.1) is 6.92 Å². The minimum atomic E-state index is -4.60. The van der Waals surface area contributed by atoms with Gasteiger partial charge in [-0.1, -0.05) is 0 Å². The molecule has 2 aromatic heterocycles. The highest BCUT2D eigenvalue weighted by Gasteiger charge is 2.39. The van der Waals surface area contributed by atoms with Gasteiger partial charge < -0.3 is 15.5 Å². The Kier molecular flexibility index (Phi) is 6.83. The van der Waals surface area contributed by atoms with Crippen molar-refractivity contribution in [1.29, 1.82) is 0 Å². The van der Waals surface area contributed by atoms with Crippen molar-refractivity contribution in [3.05, 3.63) is 42.1 Å². The Labute approximate surface area is 200 Å². The molecule has 4 rings (SSSR count). The zero-order valence-corrected chi connectivity index (χ0v) is 19.1. The van der Waals surface area contributed by atoms with Gasteiger partial charge in [0.15, 0.2) is 5.16 Å². The molecule has 3 N–H and O–H groups in total. The van der Waals surface area contributed by atoms with Gasteiger partial charge in [0.2, 0.25) is 5.91 Å². The number of anilines is 4. The maximum atomic E-state index is 13.8. The van der Waals surface area contributed by atoms with Crippen LogP contribution in [0.15, 0.2) is 46.5 Å². The number of carbonyl (C=O) groups is 1. The van der Waals surface area contributed by atoms with Gasteiger partial charge in [-0.2, -0.15) is 18.3 Å². The lowest BCUT2D eigenvalue weighted by Crippen LogP contribution is -2.25. The van der Waals surface area contributed by atoms with Crippen LogP contribution in [0.2, 0.25) is 0 Å². The lowest BCUT2D eigenvalue weighted by molar-refractivity contribution is -0.150. The molecule has 0 aliphatic carbocycles. The number of hydrogen-bond donors (Lipinski definition) is 3. The second-order valence-corrected chi connectivity index (χ2v) is 8.98. The number of aromatic nitrogens is 4. The second-order valence-electron chi connectivity index (χ2n) is 7.94. The largest absolute Gasteiger partial charge is 0.397 e. The highest BCUT2D eigenvalue weighted by atomic mass is 32.2. The van der Waals surface area contributed by atoms with E-state index in [0.29, 0.717) is 22.3 Å². The summed E-state index contributed by atoms with van der Waals surface area (Å²) >= 11 is 1.13. The Hall–Kier alpha value is -3.42. The van der Waals surface area contributed by atoms with E-state index in [-0.39, 0.29) is 23.8 Å². The fourth-order valence-electron chi connectivity index (χ4n) is 3.34. The first-order chi connectivity index (χ1) is 16.4. The molecule has 0 spiro atoms. The van der Waals surface area contributed by atoms with Gasteiger partial charge in [-0.25, -0.2) is 18.7 Å². The van der Waals surface area contributed by atoms with Crippen LogP contribution >= 0.6 is 11.8 Å². The quantitative estimate of drug-likeness (QED) is 0.297. The van der Waals surface area contributed by atoms with Gasteiger partial charge in [0.25, 0.3) is 5.92 Å². The summed E-state index contributed by atoms with van der Waals surface area (Å²) < 4.78 is 64.6. The molecule has 35 heavy (non-hydrogen) atoms. The standard InChI is InChI=1S/C21H20F5N7OS/c1-12-8-16(32-31-12)28-15-9-17(33-7-6-20(22,23)11-33)30-19(29-15)35-14-4-2-13(3-5-14)27-18(34)10-21(24,25)26/h2-5,8-9H,6-7,10-11H2,1H3,(H,27,34)(H2,28,29,30,31,32). The van der Waals surface area contributed by atoms with Crippen molar-refractivity contribution in [2.75, 3.05) is 28.6 Å². The molecule has 1 fully saturated rings. The molecule has 0 atom stereocenters. The third-order valence-corrected chi connectivity index (χ3v) is 5.74. The Balaban J connectivity index is 1.52. The third kappa shape index (κ3) is 7.04. The van der Waals surface area contributed by atoms with Crippen LogP contribution in [0.25, 0.3) is 0 Å². The highest BCUT2D eigenvalue weighted by Crippen LogP contribution is 2.34. The third-order valence-electron chi connectivity index (χ3n) is 4.86. The number of hydrogen-bond acceptors (Lipinski definition) is 7. The predicted octanol–water partition coefficient (Wildman–Crippen LogP) is 5.14. The van der Waals surface area contributed by atoms with Gasteiger partial charge in [0, 0.05) is 35.7 Å². The second kappa shape index (κ2) is 9.68. The summed E-state index contributed by atoms with van der Waals surface area (Å²) in [4.78, 5) is 22.4. The van der Waals surface area contributed by atoms with E-state index < -0.39 is 31.0 Å². The number of nitrogens with zero attached hydrogens (tertiary/aromatic N) is 4. The number of H-pyrrole nitrogens is 1. The van der Waals surface area contributed by atoms with Crippen LogP contribution in [-0.2, 0) is 4.79 Å². The average molecular weight is 513 g/mol. The highest BCUT2D eigenvalue weighted by molar-refractivity contribution is 7.99. The first-order valence-corrected chi connectivity index (χ1v) is 11.2. The number of carbonyl (C=O) groups excluding carboxylic acids is 1. The van der Waals surface area contributed by atoms with Gasteiger partial charge in [-0.3, -0.25) is 9.89 Å². The van der Waals surface area contributed by atoms with Crippen molar-refractivity contribution >= 4 is 40.8 Å². The number of aryl methyl sites for hydroxylation is 1. The van der Waals surface area contributed by atoms with Crippen molar-refractivity contribution in [2.24, 2.45) is 0 Å². The monoisotopic (exact) mass is 513 g/mol.